The van der Waals surface area contributed by atoms with Crippen molar-refractivity contribution in [2.75, 3.05) is 18.2 Å². The molecule has 0 amide bonds. The van der Waals surface area contributed by atoms with Gasteiger partial charge < -0.3 is 19.5 Å². The van der Waals surface area contributed by atoms with Crippen LogP contribution in [-0.2, 0) is 4.79 Å². The molecule has 0 radical (unpaired) electrons. The number of carboxylic acids is 1. The molecule has 1 aromatic carbocycles. The number of pyridine rings is 1. The molecule has 1 fully saturated rings. The topological polar surface area (TPSA) is 71.9 Å². The monoisotopic (exact) mass is 286 g/mol. The number of ether oxygens (including phenoxy) is 2. The molecule has 1 atom stereocenters. The Kier molecular flexibility index (Phi) is 2.63. The van der Waals surface area contributed by atoms with Crippen LogP contribution in [0.15, 0.2) is 24.4 Å². The van der Waals surface area contributed by atoms with Gasteiger partial charge in [-0.2, -0.15) is 0 Å². The molecule has 1 N–H and O–H groups in total. The van der Waals surface area contributed by atoms with E-state index in [0.717, 1.165) is 22.9 Å². The number of rotatable bonds is 2. The molecule has 6 heteroatoms. The van der Waals surface area contributed by atoms with Gasteiger partial charge in [0.25, 0.3) is 0 Å². The molecule has 2 aromatic rings. The molecule has 0 aliphatic carbocycles. The molecule has 3 heterocycles. The molecular formula is C15H14N2O4. The summed E-state index contributed by atoms with van der Waals surface area (Å²) in [6, 6.07) is 5.19. The van der Waals surface area contributed by atoms with Crippen LogP contribution in [0.1, 0.15) is 12.8 Å². The van der Waals surface area contributed by atoms with Crippen molar-refractivity contribution in [1.82, 2.24) is 4.98 Å². The molecule has 0 saturated carbocycles. The minimum absolute atomic E-state index is 0.218. The third-order valence-corrected chi connectivity index (χ3v) is 4.05. The number of anilines is 1. The van der Waals surface area contributed by atoms with E-state index in [9.17, 15) is 9.90 Å². The van der Waals surface area contributed by atoms with Gasteiger partial charge in [-0.25, -0.2) is 9.78 Å². The van der Waals surface area contributed by atoms with Crippen LogP contribution in [0.3, 0.4) is 0 Å². The van der Waals surface area contributed by atoms with Gasteiger partial charge in [-0.3, -0.25) is 0 Å². The van der Waals surface area contributed by atoms with Gasteiger partial charge in [-0.05, 0) is 36.4 Å². The van der Waals surface area contributed by atoms with E-state index in [1.54, 1.807) is 6.20 Å². The van der Waals surface area contributed by atoms with Crippen molar-refractivity contribution in [1.29, 1.82) is 0 Å². The minimum Gasteiger partial charge on any atom is -0.480 e. The van der Waals surface area contributed by atoms with Crippen LogP contribution >= 0.6 is 0 Å². The lowest BCUT2D eigenvalue weighted by Crippen LogP contribution is -2.36. The number of aromatic nitrogens is 1. The number of hydrogen-bond donors (Lipinski definition) is 1. The maximum absolute atomic E-state index is 11.4. The Morgan fingerprint density at radius 2 is 2.14 bits per heavy atom. The van der Waals surface area contributed by atoms with E-state index >= 15 is 0 Å². The van der Waals surface area contributed by atoms with E-state index in [1.807, 2.05) is 23.1 Å². The summed E-state index contributed by atoms with van der Waals surface area (Å²) in [5.74, 6) is 1.31. The van der Waals surface area contributed by atoms with Gasteiger partial charge in [0.15, 0.2) is 11.5 Å². The fraction of sp³-hybridized carbons (Fsp3) is 0.333. The first-order valence-corrected chi connectivity index (χ1v) is 6.92. The normalized spacial score (nSPS) is 20.2. The van der Waals surface area contributed by atoms with Crippen molar-refractivity contribution >= 4 is 22.6 Å². The van der Waals surface area contributed by atoms with Crippen molar-refractivity contribution in [3.05, 3.63) is 24.4 Å². The fourth-order valence-electron chi connectivity index (χ4n) is 3.05. The summed E-state index contributed by atoms with van der Waals surface area (Å²) >= 11 is 0. The Bertz CT molecular complexity index is 731. The van der Waals surface area contributed by atoms with Crippen LogP contribution in [0.5, 0.6) is 11.5 Å². The summed E-state index contributed by atoms with van der Waals surface area (Å²) < 4.78 is 10.8. The van der Waals surface area contributed by atoms with Crippen molar-refractivity contribution in [3.8, 4) is 11.5 Å². The first kappa shape index (κ1) is 12.3. The van der Waals surface area contributed by atoms with E-state index in [4.69, 9.17) is 9.47 Å². The molecule has 1 saturated heterocycles. The number of hydrogen-bond acceptors (Lipinski definition) is 5. The number of carboxylic acid groups (broad SMARTS) is 1. The number of nitrogens with zero attached hydrogens (tertiary/aromatic N) is 2. The Morgan fingerprint density at radius 1 is 1.33 bits per heavy atom. The van der Waals surface area contributed by atoms with Crippen LogP contribution in [-0.4, -0.2) is 35.4 Å². The maximum atomic E-state index is 11.4. The van der Waals surface area contributed by atoms with E-state index in [2.05, 4.69) is 4.98 Å². The first-order chi connectivity index (χ1) is 10.2. The van der Waals surface area contributed by atoms with Crippen molar-refractivity contribution in [2.24, 2.45) is 0 Å². The molecule has 1 unspecified atom stereocenters. The van der Waals surface area contributed by atoms with Crippen LogP contribution < -0.4 is 14.4 Å². The Morgan fingerprint density at radius 3 is 2.95 bits per heavy atom. The molecule has 0 spiro atoms. The second-order valence-corrected chi connectivity index (χ2v) is 5.25. The highest BCUT2D eigenvalue weighted by atomic mass is 16.7. The second kappa shape index (κ2) is 4.51. The van der Waals surface area contributed by atoms with Crippen LogP contribution in [0, 0.1) is 0 Å². The average molecular weight is 286 g/mol. The number of carbonyl (C=O) groups is 1. The van der Waals surface area contributed by atoms with Crippen LogP contribution in [0.25, 0.3) is 10.8 Å². The van der Waals surface area contributed by atoms with E-state index in [1.165, 1.54) is 0 Å². The predicted molar refractivity (Wildman–Crippen MR) is 75.9 cm³/mol. The molecule has 1 aromatic heterocycles. The average Bonchev–Trinajstić information content (AvgIpc) is 3.12. The molecule has 4 rings (SSSR count). The van der Waals surface area contributed by atoms with E-state index in [-0.39, 0.29) is 6.79 Å². The van der Waals surface area contributed by atoms with Crippen LogP contribution in [0.4, 0.5) is 5.82 Å². The van der Waals surface area contributed by atoms with E-state index < -0.39 is 12.0 Å². The maximum Gasteiger partial charge on any atom is 0.326 e. The Labute approximate surface area is 120 Å². The number of fused-ring (bicyclic) bond motifs is 2. The van der Waals surface area contributed by atoms with Gasteiger partial charge in [0.2, 0.25) is 6.79 Å². The zero-order valence-corrected chi connectivity index (χ0v) is 11.3. The standard InChI is InChI=1S/C15H14N2O4/c18-15(19)11-2-1-5-17(11)14-10-7-13-12(20-8-21-13)6-9(10)3-4-16-14/h3-4,6-7,11H,1-2,5,8H2,(H,18,19). The summed E-state index contributed by atoms with van der Waals surface area (Å²) in [6.07, 6.45) is 3.22. The van der Waals surface area contributed by atoms with Gasteiger partial charge in [0.05, 0.1) is 0 Å². The number of benzene rings is 1. The van der Waals surface area contributed by atoms with Gasteiger partial charge >= 0.3 is 5.97 Å². The molecule has 108 valence electrons. The lowest BCUT2D eigenvalue weighted by atomic mass is 10.1. The first-order valence-electron chi connectivity index (χ1n) is 6.92. The predicted octanol–water partition coefficient (Wildman–Crippen LogP) is 2.02. The molecule has 2 aliphatic rings. The number of aliphatic carboxylic acids is 1. The molecule has 2 aliphatic heterocycles. The summed E-state index contributed by atoms with van der Waals surface area (Å²) in [7, 11) is 0. The summed E-state index contributed by atoms with van der Waals surface area (Å²) in [6.45, 7) is 0.924. The third kappa shape index (κ3) is 1.86. The summed E-state index contributed by atoms with van der Waals surface area (Å²) in [5, 5.41) is 11.2. The lowest BCUT2D eigenvalue weighted by molar-refractivity contribution is -0.138. The van der Waals surface area contributed by atoms with Crippen LogP contribution in [0.2, 0.25) is 0 Å². The second-order valence-electron chi connectivity index (χ2n) is 5.25. The van der Waals surface area contributed by atoms with Gasteiger partial charge in [0, 0.05) is 18.1 Å². The molecule has 0 bridgehead atoms. The molecule has 6 nitrogen and oxygen atoms in total. The lowest BCUT2D eigenvalue weighted by Gasteiger charge is -2.23. The largest absolute Gasteiger partial charge is 0.480 e. The SMILES string of the molecule is O=C(O)C1CCCN1c1nccc2cc3c(cc12)OCO3. The van der Waals surface area contributed by atoms with Crippen molar-refractivity contribution in [2.45, 2.75) is 18.9 Å². The highest BCUT2D eigenvalue weighted by Crippen LogP contribution is 2.39. The smallest absolute Gasteiger partial charge is 0.326 e. The Balaban J connectivity index is 1.87. The molecule has 21 heavy (non-hydrogen) atoms. The highest BCUT2D eigenvalue weighted by Gasteiger charge is 2.32. The quantitative estimate of drug-likeness (QED) is 0.910. The van der Waals surface area contributed by atoms with Gasteiger partial charge in [-0.1, -0.05) is 0 Å². The third-order valence-electron chi connectivity index (χ3n) is 4.05. The Hall–Kier alpha value is -2.50. The zero-order chi connectivity index (χ0) is 14.4. The van der Waals surface area contributed by atoms with Gasteiger partial charge in [0.1, 0.15) is 11.9 Å². The van der Waals surface area contributed by atoms with Crippen molar-refractivity contribution in [3.63, 3.8) is 0 Å². The fourth-order valence-corrected chi connectivity index (χ4v) is 3.05. The zero-order valence-electron chi connectivity index (χ0n) is 11.3. The van der Waals surface area contributed by atoms with Crippen molar-refractivity contribution < 1.29 is 19.4 Å². The minimum atomic E-state index is -0.799. The highest BCUT2D eigenvalue weighted by molar-refractivity contribution is 5.96. The van der Waals surface area contributed by atoms with E-state index in [0.29, 0.717) is 24.5 Å². The summed E-state index contributed by atoms with van der Waals surface area (Å²) in [5.41, 5.74) is 0. The van der Waals surface area contributed by atoms with Gasteiger partial charge in [-0.15, -0.1) is 0 Å². The molecular weight excluding hydrogens is 272 g/mol. The summed E-state index contributed by atoms with van der Waals surface area (Å²) in [4.78, 5) is 17.7.